The number of hydrogen-bond acceptors (Lipinski definition) is 26. The number of ether oxygens (including phenoxy) is 14. The van der Waals surface area contributed by atoms with Crippen LogP contribution in [0.5, 0.6) is 0 Å². The summed E-state index contributed by atoms with van der Waals surface area (Å²) < 4.78 is 141. The highest BCUT2D eigenvalue weighted by Crippen LogP contribution is 2.34. The molecule has 0 radical (unpaired) electrons. The average Bonchev–Trinajstić information content (AvgIpc) is 0.779. The van der Waals surface area contributed by atoms with E-state index in [1.165, 1.54) is 25.3 Å². The summed E-state index contributed by atoms with van der Waals surface area (Å²) in [4.78, 5) is 57.1. The van der Waals surface area contributed by atoms with Gasteiger partial charge in [-0.25, -0.2) is 16.8 Å². The molecule has 0 saturated heterocycles. The second-order valence-electron chi connectivity index (χ2n) is 28.8. The van der Waals surface area contributed by atoms with Crippen LogP contribution in [0.2, 0.25) is 0 Å². The van der Waals surface area contributed by atoms with Gasteiger partial charge in [-0.1, -0.05) is 95.5 Å². The molecule has 6 rings (SSSR count). The molecule has 35 heteroatoms. The molecule has 690 valence electrons. The van der Waals surface area contributed by atoms with Crippen molar-refractivity contribution in [2.45, 2.75) is 129 Å². The third kappa shape index (κ3) is 43.7. The first-order chi connectivity index (χ1) is 60.5. The van der Waals surface area contributed by atoms with Crippen LogP contribution in [0.1, 0.15) is 116 Å². The quantitative estimate of drug-likeness (QED) is 0.00807. The van der Waals surface area contributed by atoms with Crippen LogP contribution in [0.3, 0.4) is 0 Å². The number of rotatable bonds is 77. The minimum atomic E-state index is -4.06. The Morgan fingerprint density at radius 3 is 1.22 bits per heavy atom. The van der Waals surface area contributed by atoms with Crippen LogP contribution >= 0.6 is 0 Å². The minimum Gasteiger partial charge on any atom is -0.378 e. The number of sulfonamides is 2. The molecule has 1 heterocycles. The number of aryl methyl sites for hydroxylation is 2. The van der Waals surface area contributed by atoms with Crippen LogP contribution in [0.25, 0.3) is 11.1 Å². The van der Waals surface area contributed by atoms with Crippen molar-refractivity contribution in [3.63, 3.8) is 0 Å². The Labute approximate surface area is 733 Å². The highest BCUT2D eigenvalue weighted by Gasteiger charge is 2.26. The number of carbonyl (C=O) groups is 4. The fourth-order valence-corrected chi connectivity index (χ4v) is 15.3. The first-order valence-corrected chi connectivity index (χ1v) is 45.9. The highest BCUT2D eigenvalue weighted by molar-refractivity contribution is 7.93. The number of anilines is 5. The smallest absolute Gasteiger partial charge is 0.290 e. The predicted molar refractivity (Wildman–Crippen MR) is 474 cm³/mol. The number of benzene rings is 5. The largest absolute Gasteiger partial charge is 0.378 e. The number of hydrazine groups is 2. The number of unbranched alkanes of at least 4 members (excludes halogenated alkanes) is 8. The zero-order chi connectivity index (χ0) is 88.8. The molecule has 0 bridgehead atoms. The summed E-state index contributed by atoms with van der Waals surface area (Å²) in [6.45, 7) is 26.1. The summed E-state index contributed by atoms with van der Waals surface area (Å²) in [6, 6.07) is 30.9. The molecule has 1 aromatic heterocycles. The fourth-order valence-electron chi connectivity index (χ4n) is 12.7. The van der Waals surface area contributed by atoms with Crippen LogP contribution < -0.4 is 41.0 Å². The van der Waals surface area contributed by atoms with E-state index in [1.807, 2.05) is 43.2 Å². The lowest BCUT2D eigenvalue weighted by Gasteiger charge is -2.22. The molecule has 6 aromatic rings. The van der Waals surface area contributed by atoms with E-state index in [0.717, 1.165) is 73.7 Å². The zero-order valence-electron chi connectivity index (χ0n) is 73.4. The van der Waals surface area contributed by atoms with Crippen LogP contribution in [-0.2, 0) is 119 Å². The van der Waals surface area contributed by atoms with Gasteiger partial charge in [0, 0.05) is 49.3 Å². The molecule has 124 heavy (non-hydrogen) atoms. The van der Waals surface area contributed by atoms with Crippen molar-refractivity contribution in [2.75, 3.05) is 237 Å². The maximum absolute atomic E-state index is 14.0. The van der Waals surface area contributed by atoms with Gasteiger partial charge >= 0.3 is 0 Å². The monoisotopic (exact) mass is 1780 g/mol. The van der Waals surface area contributed by atoms with Gasteiger partial charge in [0.15, 0.2) is 12.4 Å². The lowest BCUT2D eigenvalue weighted by atomic mass is 9.95. The Bertz CT molecular complexity index is 4160. The summed E-state index contributed by atoms with van der Waals surface area (Å²) in [5, 5.41) is 4.87. The Balaban J connectivity index is 0.670. The Morgan fingerprint density at radius 2 is 0.790 bits per heavy atom. The molecule has 0 unspecified atom stereocenters. The molecule has 0 saturated carbocycles. The van der Waals surface area contributed by atoms with E-state index in [1.54, 1.807) is 109 Å². The van der Waals surface area contributed by atoms with E-state index in [-0.39, 0.29) is 22.2 Å². The first kappa shape index (κ1) is 104. The molecule has 0 atom stereocenters. The Kier molecular flexibility index (Phi) is 54.2. The molecule has 7 N–H and O–H groups in total. The van der Waals surface area contributed by atoms with Crippen molar-refractivity contribution in [3.05, 3.63) is 155 Å². The summed E-state index contributed by atoms with van der Waals surface area (Å²) in [5.74, 6) is -0.587. The number of nitrogens with one attached hydrogen (secondary N) is 7. The van der Waals surface area contributed by atoms with Crippen molar-refractivity contribution in [1.29, 1.82) is 0 Å². The lowest BCUT2D eigenvalue weighted by Crippen LogP contribution is -2.42. The zero-order valence-corrected chi connectivity index (χ0v) is 75.0. The molecular weight excluding hydrogens is 1640 g/mol. The maximum Gasteiger partial charge on any atom is 0.290 e. The summed E-state index contributed by atoms with van der Waals surface area (Å²) >= 11 is 0. The third-order valence-corrected chi connectivity index (χ3v) is 22.2. The second-order valence-corrected chi connectivity index (χ2v) is 32.1. The maximum atomic E-state index is 14.0. The first-order valence-electron chi connectivity index (χ1n) is 43.0. The fraction of sp³-hybridized carbons (Fsp3) is 0.562. The number of carbonyl (C=O) groups excluding carboxylic acids is 4. The average molecular weight is 1780 g/mol. The number of hydrogen-bond donors (Lipinski definition) is 7. The predicted octanol–water partition coefficient (Wildman–Crippen LogP) is 10.3. The summed E-state index contributed by atoms with van der Waals surface area (Å²) in [7, 11) is -8.00. The van der Waals surface area contributed by atoms with Gasteiger partial charge in [0.25, 0.3) is 31.9 Å². The van der Waals surface area contributed by atoms with E-state index in [0.29, 0.717) is 275 Å². The number of hydroxylamine groups is 2. The highest BCUT2D eigenvalue weighted by atomic mass is 32.2. The molecule has 33 nitrogen and oxygen atoms in total. The molecule has 0 fully saturated rings. The molecule has 0 spiro atoms. The van der Waals surface area contributed by atoms with Crippen LogP contribution in [0, 0.1) is 27.7 Å². The van der Waals surface area contributed by atoms with Crippen LogP contribution in [0.4, 0.5) is 28.4 Å². The summed E-state index contributed by atoms with van der Waals surface area (Å²) in [5.41, 5.74) is 18.0. The van der Waals surface area contributed by atoms with Gasteiger partial charge in [-0.3, -0.25) is 55.2 Å². The standard InChI is InChI=1S/C89H134N10O23S2/c1-7-9-11-13-15-35-98(89(103)79-21-18-34-97(68-79)69-86(102)92-88-74(4)23-33-85(76(88)6)124(106,107)96-83-30-26-81(27-31-83)94-91-72-101)37-39-108-41-43-110-45-47-112-49-51-114-53-55-116-57-59-118-61-63-120-65-66-121-64-62-119-60-58-117-56-54-115-52-50-113-48-46-111-44-42-109-40-38-99(36-16-14-12-10-8-2)122-70-77-19-17-20-78(67-77)87-73(3)22-32-84(75(87)5)123(104,105)95-82-28-24-80(25-29-82)93-90-71-100/h17-34,67-68,71-72,93-96H,7-16,35-66,69-70H2,1-6H3,(H2-,90,91,92,100,101,102)/p+1. The van der Waals surface area contributed by atoms with Gasteiger partial charge in [0.1, 0.15) is 5.56 Å². The van der Waals surface area contributed by atoms with Crippen molar-refractivity contribution >= 4 is 73.1 Å². The van der Waals surface area contributed by atoms with Gasteiger partial charge < -0.3 is 76.5 Å². The molecule has 4 amide bonds. The Hall–Kier alpha value is -8.41. The molecule has 5 aromatic carbocycles. The van der Waals surface area contributed by atoms with E-state index in [2.05, 4.69) is 56.4 Å². The van der Waals surface area contributed by atoms with E-state index >= 15 is 0 Å². The van der Waals surface area contributed by atoms with E-state index < -0.39 is 26.0 Å². The Morgan fingerprint density at radius 1 is 0.403 bits per heavy atom. The molecule has 0 aliphatic carbocycles. The van der Waals surface area contributed by atoms with Gasteiger partial charge in [-0.05, 0) is 152 Å². The van der Waals surface area contributed by atoms with Gasteiger partial charge in [0.2, 0.25) is 19.4 Å². The minimum absolute atomic E-state index is 0.00801. The third-order valence-electron chi connectivity index (χ3n) is 19.1. The van der Waals surface area contributed by atoms with Crippen LogP contribution in [0.15, 0.2) is 131 Å². The normalized spacial score (nSPS) is 11.6. The van der Waals surface area contributed by atoms with Gasteiger partial charge in [0.05, 0.1) is 213 Å². The lowest BCUT2D eigenvalue weighted by molar-refractivity contribution is -0.684. The summed E-state index contributed by atoms with van der Waals surface area (Å²) in [6.07, 6.45) is 15.2. The van der Waals surface area contributed by atoms with Crippen molar-refractivity contribution < 1.29 is 112 Å². The topological polar surface area (TPSA) is 370 Å². The SMILES string of the molecule is CCCCCCCN(CCOCCOCCOCCOCCOCCOCCOCCOCCOCCOCCOCCOCCOCCOCCN(CCCCCCC)C(=O)c1ccc[n+](CC(=O)Nc2c(C)ccc(S(=O)(=O)Nc3ccc(NNC=O)cc3)c2C)c1)OCc1cccc(-c2c(C)ccc(S(=O)(=O)Nc3ccc(NNC=O)cc3)c2C)c1. The van der Waals surface area contributed by atoms with E-state index in [9.17, 15) is 36.0 Å². The van der Waals surface area contributed by atoms with Crippen molar-refractivity contribution in [2.24, 2.45) is 0 Å². The van der Waals surface area contributed by atoms with Crippen LogP contribution in [-0.4, -0.2) is 263 Å². The van der Waals surface area contributed by atoms with Crippen molar-refractivity contribution in [3.8, 4) is 11.1 Å². The van der Waals surface area contributed by atoms with Crippen molar-refractivity contribution in [1.82, 2.24) is 20.8 Å². The van der Waals surface area contributed by atoms with Gasteiger partial charge in [-0.2, -0.15) is 9.63 Å². The molecule has 0 aliphatic rings. The second kappa shape index (κ2) is 64.3. The number of pyridine rings is 1. The van der Waals surface area contributed by atoms with E-state index in [4.69, 9.17) is 71.2 Å². The number of aromatic nitrogens is 1. The molecule has 0 aliphatic heterocycles. The number of amides is 4. The number of nitrogens with zero attached hydrogens (tertiary/aromatic N) is 3. The van der Waals surface area contributed by atoms with Gasteiger partial charge in [-0.15, -0.1) is 0 Å². The molecular formula is C89H135N10O23S2+.